The SMILES string of the molecule is N=C1CCc2cc(OCc3cccc(C(F)(F)F)c3)ccc2C1. The predicted octanol–water partition coefficient (Wildman–Crippen LogP) is 4.79. The number of alkyl halides is 3. The summed E-state index contributed by atoms with van der Waals surface area (Å²) in [7, 11) is 0. The number of hydrogen-bond acceptors (Lipinski definition) is 2. The van der Waals surface area contributed by atoms with Crippen LogP contribution in [0.1, 0.15) is 28.7 Å². The maximum atomic E-state index is 12.7. The number of benzene rings is 2. The predicted molar refractivity (Wildman–Crippen MR) is 82.0 cm³/mol. The lowest BCUT2D eigenvalue weighted by atomic mass is 9.90. The van der Waals surface area contributed by atoms with Crippen LogP contribution in [0.15, 0.2) is 42.5 Å². The first-order valence-corrected chi connectivity index (χ1v) is 7.39. The molecule has 0 bridgehead atoms. The average molecular weight is 319 g/mol. The Balaban J connectivity index is 1.70. The Labute approximate surface area is 132 Å². The van der Waals surface area contributed by atoms with Crippen molar-refractivity contribution in [2.75, 3.05) is 0 Å². The third-order valence-electron chi connectivity index (χ3n) is 3.94. The molecule has 0 unspecified atom stereocenters. The van der Waals surface area contributed by atoms with E-state index >= 15 is 0 Å². The van der Waals surface area contributed by atoms with Crippen LogP contribution >= 0.6 is 0 Å². The van der Waals surface area contributed by atoms with Gasteiger partial charge in [0, 0.05) is 12.1 Å². The number of fused-ring (bicyclic) bond motifs is 1. The Kier molecular flexibility index (Phi) is 4.11. The maximum absolute atomic E-state index is 12.7. The molecule has 0 amide bonds. The molecule has 0 radical (unpaired) electrons. The van der Waals surface area contributed by atoms with E-state index in [1.807, 2.05) is 18.2 Å². The fourth-order valence-electron chi connectivity index (χ4n) is 2.71. The zero-order valence-electron chi connectivity index (χ0n) is 12.4. The molecular formula is C18H16F3NO. The van der Waals surface area contributed by atoms with Gasteiger partial charge in [-0.15, -0.1) is 0 Å². The molecule has 0 aromatic heterocycles. The highest BCUT2D eigenvalue weighted by Crippen LogP contribution is 2.30. The second kappa shape index (κ2) is 6.07. The van der Waals surface area contributed by atoms with Gasteiger partial charge in [0.25, 0.3) is 0 Å². The van der Waals surface area contributed by atoms with Crippen LogP contribution in [0.5, 0.6) is 5.75 Å². The van der Waals surface area contributed by atoms with Crippen LogP contribution < -0.4 is 4.74 Å². The first-order chi connectivity index (χ1) is 10.9. The van der Waals surface area contributed by atoms with E-state index in [2.05, 4.69) is 0 Å². The lowest BCUT2D eigenvalue weighted by Gasteiger charge is -2.18. The van der Waals surface area contributed by atoms with Gasteiger partial charge in [0.2, 0.25) is 0 Å². The third kappa shape index (κ3) is 3.73. The smallest absolute Gasteiger partial charge is 0.416 e. The van der Waals surface area contributed by atoms with Crippen molar-refractivity contribution >= 4 is 5.71 Å². The molecular weight excluding hydrogens is 303 g/mol. The number of halogens is 3. The van der Waals surface area contributed by atoms with Crippen LogP contribution in [-0.2, 0) is 25.6 Å². The highest BCUT2D eigenvalue weighted by atomic mass is 19.4. The Bertz CT molecular complexity index is 737. The molecule has 23 heavy (non-hydrogen) atoms. The van der Waals surface area contributed by atoms with Crippen LogP contribution in [0.25, 0.3) is 0 Å². The lowest BCUT2D eigenvalue weighted by molar-refractivity contribution is -0.137. The minimum absolute atomic E-state index is 0.0958. The van der Waals surface area contributed by atoms with E-state index in [4.69, 9.17) is 10.1 Å². The van der Waals surface area contributed by atoms with Crippen LogP contribution in [-0.4, -0.2) is 5.71 Å². The fourth-order valence-corrected chi connectivity index (χ4v) is 2.71. The Morgan fingerprint density at radius 3 is 2.61 bits per heavy atom. The van der Waals surface area contributed by atoms with Crippen LogP contribution in [0, 0.1) is 5.41 Å². The second-order valence-electron chi connectivity index (χ2n) is 5.70. The van der Waals surface area contributed by atoms with Crippen molar-refractivity contribution in [3.05, 3.63) is 64.7 Å². The summed E-state index contributed by atoms with van der Waals surface area (Å²) < 4.78 is 43.7. The van der Waals surface area contributed by atoms with Crippen LogP contribution in [0.4, 0.5) is 13.2 Å². The summed E-state index contributed by atoms with van der Waals surface area (Å²) in [4.78, 5) is 0. The standard InChI is InChI=1S/C18H16F3NO/c19-18(20,21)15-3-1-2-12(8-15)11-23-17-7-5-13-9-16(22)6-4-14(13)10-17/h1-3,5,7-8,10,22H,4,6,9,11H2. The minimum atomic E-state index is -4.34. The van der Waals surface area contributed by atoms with Gasteiger partial charge in [-0.1, -0.05) is 18.2 Å². The van der Waals surface area contributed by atoms with E-state index in [9.17, 15) is 13.2 Å². The molecule has 2 aromatic rings. The van der Waals surface area contributed by atoms with E-state index in [1.165, 1.54) is 6.07 Å². The first kappa shape index (κ1) is 15.6. The molecule has 2 nitrogen and oxygen atoms in total. The van der Waals surface area contributed by atoms with Gasteiger partial charge in [0.15, 0.2) is 0 Å². The van der Waals surface area contributed by atoms with Crippen molar-refractivity contribution in [1.82, 2.24) is 0 Å². The number of ether oxygens (including phenoxy) is 1. The Morgan fingerprint density at radius 1 is 1.00 bits per heavy atom. The quantitative estimate of drug-likeness (QED) is 0.866. The molecule has 0 saturated carbocycles. The van der Waals surface area contributed by atoms with Crippen molar-refractivity contribution < 1.29 is 17.9 Å². The average Bonchev–Trinajstić information content (AvgIpc) is 2.52. The minimum Gasteiger partial charge on any atom is -0.489 e. The van der Waals surface area contributed by atoms with Gasteiger partial charge in [0.1, 0.15) is 12.4 Å². The van der Waals surface area contributed by atoms with Gasteiger partial charge < -0.3 is 10.1 Å². The first-order valence-electron chi connectivity index (χ1n) is 7.39. The van der Waals surface area contributed by atoms with Crippen molar-refractivity contribution in [3.63, 3.8) is 0 Å². The molecule has 3 rings (SSSR count). The summed E-state index contributed by atoms with van der Waals surface area (Å²) in [5.41, 5.74) is 2.84. The molecule has 1 aliphatic rings. The second-order valence-corrected chi connectivity index (χ2v) is 5.70. The number of nitrogens with one attached hydrogen (secondary N) is 1. The molecule has 1 aliphatic carbocycles. The summed E-state index contributed by atoms with van der Waals surface area (Å²) in [6.07, 6.45) is -2.10. The van der Waals surface area contributed by atoms with E-state index in [1.54, 1.807) is 6.07 Å². The van der Waals surface area contributed by atoms with Gasteiger partial charge in [-0.25, -0.2) is 0 Å². The lowest BCUT2D eigenvalue weighted by Crippen LogP contribution is -2.12. The molecule has 5 heteroatoms. The van der Waals surface area contributed by atoms with E-state index < -0.39 is 11.7 Å². The van der Waals surface area contributed by atoms with Crippen molar-refractivity contribution in [2.24, 2.45) is 0 Å². The van der Waals surface area contributed by atoms with Gasteiger partial charge in [0.05, 0.1) is 5.56 Å². The van der Waals surface area contributed by atoms with Crippen LogP contribution in [0.3, 0.4) is 0 Å². The number of aryl methyl sites for hydroxylation is 1. The summed E-state index contributed by atoms with van der Waals surface area (Å²) >= 11 is 0. The topological polar surface area (TPSA) is 33.1 Å². The molecule has 0 heterocycles. The molecule has 0 saturated heterocycles. The van der Waals surface area contributed by atoms with E-state index in [0.717, 1.165) is 41.8 Å². The highest BCUT2D eigenvalue weighted by molar-refractivity contribution is 5.85. The molecule has 2 aromatic carbocycles. The van der Waals surface area contributed by atoms with Crippen LogP contribution in [0.2, 0.25) is 0 Å². The molecule has 1 N–H and O–H groups in total. The van der Waals surface area contributed by atoms with Gasteiger partial charge in [-0.2, -0.15) is 13.2 Å². The number of hydrogen-bond donors (Lipinski definition) is 1. The molecule has 120 valence electrons. The van der Waals surface area contributed by atoms with Crippen molar-refractivity contribution in [2.45, 2.75) is 32.0 Å². The van der Waals surface area contributed by atoms with Gasteiger partial charge in [-0.3, -0.25) is 0 Å². The van der Waals surface area contributed by atoms with Gasteiger partial charge >= 0.3 is 6.18 Å². The number of rotatable bonds is 3. The maximum Gasteiger partial charge on any atom is 0.416 e. The van der Waals surface area contributed by atoms with E-state index in [0.29, 0.717) is 17.7 Å². The zero-order chi connectivity index (χ0) is 16.4. The molecule has 0 aliphatic heterocycles. The Hall–Kier alpha value is -2.30. The summed E-state index contributed by atoms with van der Waals surface area (Å²) in [5.74, 6) is 0.648. The normalized spacial score (nSPS) is 14.5. The fraction of sp³-hybridized carbons (Fsp3) is 0.278. The van der Waals surface area contributed by atoms with E-state index in [-0.39, 0.29) is 6.61 Å². The monoisotopic (exact) mass is 319 g/mol. The molecule has 0 spiro atoms. The zero-order valence-corrected chi connectivity index (χ0v) is 12.4. The van der Waals surface area contributed by atoms with Gasteiger partial charge in [-0.05, 0) is 53.8 Å². The summed E-state index contributed by atoms with van der Waals surface area (Å²) in [6.45, 7) is 0.0958. The third-order valence-corrected chi connectivity index (χ3v) is 3.94. The highest BCUT2D eigenvalue weighted by Gasteiger charge is 2.30. The Morgan fingerprint density at radius 2 is 1.83 bits per heavy atom. The largest absolute Gasteiger partial charge is 0.489 e. The molecule has 0 fully saturated rings. The summed E-state index contributed by atoms with van der Waals surface area (Å²) in [6, 6.07) is 10.8. The molecule has 0 atom stereocenters. The summed E-state index contributed by atoms with van der Waals surface area (Å²) in [5, 5.41) is 7.71. The van der Waals surface area contributed by atoms with Crippen molar-refractivity contribution in [1.29, 1.82) is 5.41 Å². The van der Waals surface area contributed by atoms with Crippen molar-refractivity contribution in [3.8, 4) is 5.75 Å².